The van der Waals surface area contributed by atoms with Gasteiger partial charge in [0.25, 0.3) is 0 Å². The molecule has 1 saturated carbocycles. The van der Waals surface area contributed by atoms with Gasteiger partial charge in [0.15, 0.2) is 0 Å². The van der Waals surface area contributed by atoms with Gasteiger partial charge in [-0.1, -0.05) is 37.8 Å². The Morgan fingerprint density at radius 1 is 1.28 bits per heavy atom. The van der Waals surface area contributed by atoms with Crippen LogP contribution in [0, 0.1) is 19.8 Å². The summed E-state index contributed by atoms with van der Waals surface area (Å²) in [5.74, 6) is 1.61. The molecule has 1 fully saturated rings. The fourth-order valence-corrected chi connectivity index (χ4v) is 2.77. The molecule has 0 amide bonds. The third kappa shape index (κ3) is 3.49. The van der Waals surface area contributed by atoms with Gasteiger partial charge in [0.2, 0.25) is 0 Å². The predicted molar refractivity (Wildman–Crippen MR) is 74.0 cm³/mol. The minimum Gasteiger partial charge on any atom is -0.491 e. The molecule has 18 heavy (non-hydrogen) atoms. The minimum absolute atomic E-state index is 0.326. The summed E-state index contributed by atoms with van der Waals surface area (Å²) >= 11 is 0. The van der Waals surface area contributed by atoms with Gasteiger partial charge in [-0.25, -0.2) is 0 Å². The number of aryl methyl sites for hydroxylation is 1. The number of aliphatic hydroxyl groups is 1. The van der Waals surface area contributed by atoms with E-state index in [4.69, 9.17) is 4.74 Å². The smallest absolute Gasteiger partial charge is 0.122 e. The number of rotatable bonds is 5. The summed E-state index contributed by atoms with van der Waals surface area (Å²) in [7, 11) is 0. The van der Waals surface area contributed by atoms with E-state index in [1.165, 1.54) is 36.8 Å². The SMILES string of the molecule is Cc1cccc(OCC(O)CC2CCCC2)c1C. The van der Waals surface area contributed by atoms with Crippen molar-refractivity contribution < 1.29 is 9.84 Å². The summed E-state index contributed by atoms with van der Waals surface area (Å²) in [5.41, 5.74) is 2.41. The molecule has 0 aromatic heterocycles. The maximum atomic E-state index is 10.0. The Kier molecular flexibility index (Phi) is 4.65. The third-order valence-electron chi connectivity index (χ3n) is 4.07. The van der Waals surface area contributed by atoms with Crippen LogP contribution in [0.4, 0.5) is 0 Å². The first-order valence-electron chi connectivity index (χ1n) is 7.04. The molecule has 1 aromatic carbocycles. The van der Waals surface area contributed by atoms with Crippen molar-refractivity contribution in [3.05, 3.63) is 29.3 Å². The highest BCUT2D eigenvalue weighted by molar-refractivity contribution is 5.38. The van der Waals surface area contributed by atoms with Crippen LogP contribution in [0.15, 0.2) is 18.2 Å². The van der Waals surface area contributed by atoms with Gasteiger partial charge in [0.1, 0.15) is 12.4 Å². The maximum Gasteiger partial charge on any atom is 0.122 e. The summed E-state index contributed by atoms with van der Waals surface area (Å²) < 4.78 is 5.74. The average Bonchev–Trinajstić information content (AvgIpc) is 2.84. The fraction of sp³-hybridized carbons (Fsp3) is 0.625. The second-order valence-corrected chi connectivity index (χ2v) is 5.55. The lowest BCUT2D eigenvalue weighted by Gasteiger charge is -2.17. The van der Waals surface area contributed by atoms with Crippen molar-refractivity contribution in [2.24, 2.45) is 5.92 Å². The molecule has 0 spiro atoms. The summed E-state index contributed by atoms with van der Waals surface area (Å²) in [6.07, 6.45) is 5.78. The highest BCUT2D eigenvalue weighted by atomic mass is 16.5. The van der Waals surface area contributed by atoms with Gasteiger partial charge in [-0.05, 0) is 43.4 Å². The molecule has 2 heteroatoms. The van der Waals surface area contributed by atoms with E-state index in [0.717, 1.165) is 12.2 Å². The molecule has 0 bridgehead atoms. The summed E-state index contributed by atoms with van der Waals surface area (Å²) in [4.78, 5) is 0. The number of ether oxygens (including phenoxy) is 1. The van der Waals surface area contributed by atoms with Crippen LogP contribution in [-0.4, -0.2) is 17.8 Å². The van der Waals surface area contributed by atoms with E-state index in [9.17, 15) is 5.11 Å². The van der Waals surface area contributed by atoms with Crippen molar-refractivity contribution in [3.8, 4) is 5.75 Å². The van der Waals surface area contributed by atoms with E-state index in [1.54, 1.807) is 0 Å². The molecule has 100 valence electrons. The zero-order chi connectivity index (χ0) is 13.0. The van der Waals surface area contributed by atoms with Crippen LogP contribution in [-0.2, 0) is 0 Å². The van der Waals surface area contributed by atoms with Crippen molar-refractivity contribution in [1.82, 2.24) is 0 Å². The second kappa shape index (κ2) is 6.24. The molecule has 0 radical (unpaired) electrons. The lowest BCUT2D eigenvalue weighted by Crippen LogP contribution is -2.20. The Labute approximate surface area is 110 Å². The first kappa shape index (κ1) is 13.4. The van der Waals surface area contributed by atoms with Crippen LogP contribution in [0.1, 0.15) is 43.2 Å². The Hall–Kier alpha value is -1.02. The van der Waals surface area contributed by atoms with E-state index in [0.29, 0.717) is 12.5 Å². The van der Waals surface area contributed by atoms with Gasteiger partial charge >= 0.3 is 0 Å². The minimum atomic E-state index is -0.326. The average molecular weight is 248 g/mol. The lowest BCUT2D eigenvalue weighted by atomic mass is 10.0. The molecule has 1 N–H and O–H groups in total. The molecule has 1 aromatic rings. The first-order chi connectivity index (χ1) is 8.66. The quantitative estimate of drug-likeness (QED) is 0.862. The topological polar surface area (TPSA) is 29.5 Å². The van der Waals surface area contributed by atoms with Gasteiger partial charge in [0.05, 0.1) is 6.10 Å². The first-order valence-corrected chi connectivity index (χ1v) is 7.04. The van der Waals surface area contributed by atoms with Gasteiger partial charge in [0, 0.05) is 0 Å². The number of hydrogen-bond acceptors (Lipinski definition) is 2. The van der Waals surface area contributed by atoms with Gasteiger partial charge in [-0.15, -0.1) is 0 Å². The standard InChI is InChI=1S/C16H24O2/c1-12-6-5-9-16(13(12)2)18-11-15(17)10-14-7-3-4-8-14/h5-6,9,14-15,17H,3-4,7-8,10-11H2,1-2H3. The van der Waals surface area contributed by atoms with Crippen molar-refractivity contribution in [2.45, 2.75) is 52.1 Å². The summed E-state index contributed by atoms with van der Waals surface area (Å²) in [6, 6.07) is 6.06. The zero-order valence-corrected chi connectivity index (χ0v) is 11.5. The molecule has 0 saturated heterocycles. The highest BCUT2D eigenvalue weighted by Crippen LogP contribution is 2.29. The summed E-state index contributed by atoms with van der Waals surface area (Å²) in [5, 5.41) is 10.0. The van der Waals surface area contributed by atoms with Crippen molar-refractivity contribution in [3.63, 3.8) is 0 Å². The Bertz CT molecular complexity index is 381. The Morgan fingerprint density at radius 3 is 2.72 bits per heavy atom. The number of hydrogen-bond donors (Lipinski definition) is 1. The van der Waals surface area contributed by atoms with Crippen LogP contribution in [0.2, 0.25) is 0 Å². The van der Waals surface area contributed by atoms with Crippen LogP contribution < -0.4 is 4.74 Å². The van der Waals surface area contributed by atoms with Crippen molar-refractivity contribution >= 4 is 0 Å². The largest absolute Gasteiger partial charge is 0.491 e. The third-order valence-corrected chi connectivity index (χ3v) is 4.07. The zero-order valence-electron chi connectivity index (χ0n) is 11.5. The van der Waals surface area contributed by atoms with Crippen molar-refractivity contribution in [2.75, 3.05) is 6.61 Å². The van der Waals surface area contributed by atoms with E-state index in [-0.39, 0.29) is 6.10 Å². The van der Waals surface area contributed by atoms with Crippen LogP contribution >= 0.6 is 0 Å². The fourth-order valence-electron chi connectivity index (χ4n) is 2.77. The molecule has 1 aliphatic rings. The molecule has 2 rings (SSSR count). The molecular weight excluding hydrogens is 224 g/mol. The molecule has 1 aliphatic carbocycles. The predicted octanol–water partition coefficient (Wildman–Crippen LogP) is 3.62. The van der Waals surface area contributed by atoms with Gasteiger partial charge in [-0.2, -0.15) is 0 Å². The summed E-state index contributed by atoms with van der Waals surface area (Å²) in [6.45, 7) is 4.56. The Balaban J connectivity index is 1.81. The molecular formula is C16H24O2. The normalized spacial score (nSPS) is 17.9. The highest BCUT2D eigenvalue weighted by Gasteiger charge is 2.19. The number of aliphatic hydroxyl groups excluding tert-OH is 1. The van der Waals surface area contributed by atoms with Crippen LogP contribution in [0.5, 0.6) is 5.75 Å². The lowest BCUT2D eigenvalue weighted by molar-refractivity contribution is 0.0852. The van der Waals surface area contributed by atoms with E-state index in [2.05, 4.69) is 19.9 Å². The molecule has 2 nitrogen and oxygen atoms in total. The molecule has 0 aliphatic heterocycles. The Morgan fingerprint density at radius 2 is 2.00 bits per heavy atom. The molecule has 1 atom stereocenters. The van der Waals surface area contributed by atoms with E-state index < -0.39 is 0 Å². The molecule has 0 heterocycles. The van der Waals surface area contributed by atoms with Crippen LogP contribution in [0.3, 0.4) is 0 Å². The number of benzene rings is 1. The monoisotopic (exact) mass is 248 g/mol. The molecule has 1 unspecified atom stereocenters. The van der Waals surface area contributed by atoms with Crippen LogP contribution in [0.25, 0.3) is 0 Å². The maximum absolute atomic E-state index is 10.0. The van der Waals surface area contributed by atoms with E-state index >= 15 is 0 Å². The van der Waals surface area contributed by atoms with Crippen molar-refractivity contribution in [1.29, 1.82) is 0 Å². The van der Waals surface area contributed by atoms with E-state index in [1.807, 2.05) is 12.1 Å². The van der Waals surface area contributed by atoms with Gasteiger partial charge < -0.3 is 9.84 Å². The van der Waals surface area contributed by atoms with Gasteiger partial charge in [-0.3, -0.25) is 0 Å². The second-order valence-electron chi connectivity index (χ2n) is 5.55.